The minimum atomic E-state index is -0.514. The fourth-order valence-corrected chi connectivity index (χ4v) is 4.86. The molecule has 1 saturated heterocycles. The van der Waals surface area contributed by atoms with E-state index >= 15 is 0 Å². The lowest BCUT2D eigenvalue weighted by Crippen LogP contribution is -2.47. The van der Waals surface area contributed by atoms with Crippen molar-refractivity contribution >= 4 is 17.5 Å². The summed E-state index contributed by atoms with van der Waals surface area (Å²) >= 11 is 0. The van der Waals surface area contributed by atoms with Crippen LogP contribution in [0.25, 0.3) is 0 Å². The molecular formula is C25H29N3O5. The molecule has 2 aliphatic heterocycles. The smallest absolute Gasteiger partial charge is 0.227 e. The number of aromatic nitrogens is 1. The van der Waals surface area contributed by atoms with Gasteiger partial charge in [0.2, 0.25) is 11.8 Å². The normalized spacial score (nSPS) is 25.8. The van der Waals surface area contributed by atoms with Gasteiger partial charge in [-0.2, -0.15) is 0 Å². The molecule has 4 atom stereocenters. The van der Waals surface area contributed by atoms with Crippen molar-refractivity contribution in [1.29, 1.82) is 0 Å². The van der Waals surface area contributed by atoms with E-state index in [1.165, 1.54) is 0 Å². The Kier molecular flexibility index (Phi) is 6.28. The zero-order valence-electron chi connectivity index (χ0n) is 18.4. The molecule has 8 heteroatoms. The molecular weight excluding hydrogens is 422 g/mol. The van der Waals surface area contributed by atoms with E-state index in [2.05, 4.69) is 15.6 Å². The quantitative estimate of drug-likeness (QED) is 0.597. The minimum absolute atomic E-state index is 0.0115. The molecule has 1 aromatic carbocycles. The fourth-order valence-electron chi connectivity index (χ4n) is 4.86. The average Bonchev–Trinajstić information content (AvgIpc) is 3.14. The van der Waals surface area contributed by atoms with E-state index in [9.17, 15) is 14.7 Å². The third-order valence-corrected chi connectivity index (χ3v) is 6.87. The summed E-state index contributed by atoms with van der Waals surface area (Å²) in [6.45, 7) is 0.221. The molecule has 3 N–H and O–H groups in total. The maximum Gasteiger partial charge on any atom is 0.227 e. The number of fused-ring (bicyclic) bond motifs is 3. The van der Waals surface area contributed by atoms with Crippen LogP contribution in [-0.4, -0.2) is 46.8 Å². The van der Waals surface area contributed by atoms with Crippen LogP contribution in [0.4, 0.5) is 5.69 Å². The van der Waals surface area contributed by atoms with Crippen LogP contribution in [0, 0.1) is 5.92 Å². The van der Waals surface area contributed by atoms with Crippen LogP contribution >= 0.6 is 0 Å². The first-order chi connectivity index (χ1) is 16.1. The number of nitrogens with one attached hydrogen (secondary N) is 2. The van der Waals surface area contributed by atoms with E-state index in [0.29, 0.717) is 13.0 Å². The molecule has 1 saturated carbocycles. The molecule has 2 fully saturated rings. The number of hydrogen-bond donors (Lipinski definition) is 3. The Bertz CT molecular complexity index is 1010. The Morgan fingerprint density at radius 3 is 2.82 bits per heavy atom. The number of benzene rings is 1. The minimum Gasteiger partial charge on any atom is -0.487 e. The molecule has 2 amide bonds. The highest BCUT2D eigenvalue weighted by Gasteiger charge is 2.46. The van der Waals surface area contributed by atoms with E-state index in [1.54, 1.807) is 12.4 Å². The van der Waals surface area contributed by atoms with Crippen molar-refractivity contribution in [3.05, 3.63) is 53.9 Å². The summed E-state index contributed by atoms with van der Waals surface area (Å²) in [6.07, 6.45) is 6.07. The summed E-state index contributed by atoms with van der Waals surface area (Å²) < 4.78 is 12.1. The number of aliphatic hydroxyl groups excluding tert-OH is 1. The number of amides is 2. The van der Waals surface area contributed by atoms with Crippen molar-refractivity contribution in [1.82, 2.24) is 10.3 Å². The summed E-state index contributed by atoms with van der Waals surface area (Å²) in [6, 6.07) is 9.43. The molecule has 2 aromatic rings. The van der Waals surface area contributed by atoms with Gasteiger partial charge in [0.05, 0.1) is 19.1 Å². The Hall–Kier alpha value is -2.97. The van der Waals surface area contributed by atoms with E-state index in [4.69, 9.17) is 9.47 Å². The molecule has 0 radical (unpaired) electrons. The summed E-state index contributed by atoms with van der Waals surface area (Å²) in [5.74, 6) is 0.802. The van der Waals surface area contributed by atoms with Gasteiger partial charge in [-0.05, 0) is 49.1 Å². The predicted octanol–water partition coefficient (Wildman–Crippen LogP) is 2.52. The molecule has 174 valence electrons. The Morgan fingerprint density at radius 2 is 2.09 bits per heavy atom. The van der Waals surface area contributed by atoms with Gasteiger partial charge in [0.25, 0.3) is 0 Å². The van der Waals surface area contributed by atoms with Gasteiger partial charge in [0.15, 0.2) is 0 Å². The Balaban J connectivity index is 1.25. The first-order valence-corrected chi connectivity index (χ1v) is 11.6. The van der Waals surface area contributed by atoms with Gasteiger partial charge in [-0.15, -0.1) is 0 Å². The van der Waals surface area contributed by atoms with Crippen molar-refractivity contribution in [3.8, 4) is 5.75 Å². The van der Waals surface area contributed by atoms with Gasteiger partial charge < -0.3 is 25.2 Å². The van der Waals surface area contributed by atoms with Crippen LogP contribution in [0.1, 0.15) is 49.1 Å². The SMILES string of the molecule is O=C(C[C@@H]1C[C@@H]2c3cc(NC(=O)C4CCC4)ccc3O[C@@H]2[C@@H](CO)O1)NCc1cccnc1. The zero-order valence-corrected chi connectivity index (χ0v) is 18.4. The van der Waals surface area contributed by atoms with Crippen molar-refractivity contribution in [2.45, 2.75) is 62.9 Å². The third-order valence-electron chi connectivity index (χ3n) is 6.87. The standard InChI is InChI=1S/C25H29N3O5/c29-14-22-24-20(10-18(32-22)11-23(30)27-13-15-3-2-8-26-12-15)19-9-17(6-7-21(19)33-24)28-25(31)16-4-1-5-16/h2-3,6-9,12,16,18,20,22,24,29H,1,4-5,10-11,13-14H2,(H,27,30)(H,28,31)/t18-,20+,22+,24-/m0/s1. The molecule has 0 spiro atoms. The number of hydrogen-bond acceptors (Lipinski definition) is 6. The first-order valence-electron chi connectivity index (χ1n) is 11.6. The second kappa shape index (κ2) is 9.49. The van der Waals surface area contributed by atoms with Gasteiger partial charge in [0.1, 0.15) is 18.0 Å². The molecule has 3 heterocycles. The van der Waals surface area contributed by atoms with E-state index in [-0.39, 0.29) is 48.9 Å². The predicted molar refractivity (Wildman–Crippen MR) is 121 cm³/mol. The largest absolute Gasteiger partial charge is 0.487 e. The molecule has 33 heavy (non-hydrogen) atoms. The van der Waals surface area contributed by atoms with Crippen LogP contribution in [0.5, 0.6) is 5.75 Å². The van der Waals surface area contributed by atoms with Crippen LogP contribution in [-0.2, 0) is 20.9 Å². The highest BCUT2D eigenvalue weighted by Crippen LogP contribution is 2.47. The Labute approximate surface area is 192 Å². The number of pyridine rings is 1. The number of rotatable bonds is 7. The first kappa shape index (κ1) is 21.9. The lowest BCUT2D eigenvalue weighted by molar-refractivity contribution is -0.142. The second-order valence-electron chi connectivity index (χ2n) is 9.12. The highest BCUT2D eigenvalue weighted by atomic mass is 16.6. The van der Waals surface area contributed by atoms with Gasteiger partial charge in [0, 0.05) is 42.0 Å². The lowest BCUT2D eigenvalue weighted by atomic mass is 9.83. The second-order valence-corrected chi connectivity index (χ2v) is 9.12. The molecule has 1 aromatic heterocycles. The summed E-state index contributed by atoms with van der Waals surface area (Å²) in [4.78, 5) is 29.0. The number of ether oxygens (including phenoxy) is 2. The maximum atomic E-state index is 12.5. The topological polar surface area (TPSA) is 110 Å². The maximum absolute atomic E-state index is 12.5. The summed E-state index contributed by atoms with van der Waals surface area (Å²) in [7, 11) is 0. The summed E-state index contributed by atoms with van der Waals surface area (Å²) in [5, 5.41) is 15.9. The van der Waals surface area contributed by atoms with Crippen molar-refractivity contribution in [3.63, 3.8) is 0 Å². The van der Waals surface area contributed by atoms with E-state index in [1.807, 2.05) is 30.3 Å². The number of carbonyl (C=O) groups is 2. The molecule has 5 rings (SSSR count). The van der Waals surface area contributed by atoms with Crippen molar-refractivity contribution in [2.24, 2.45) is 5.92 Å². The van der Waals surface area contributed by atoms with Crippen LogP contribution < -0.4 is 15.4 Å². The summed E-state index contributed by atoms with van der Waals surface area (Å²) in [5.41, 5.74) is 2.68. The van der Waals surface area contributed by atoms with E-state index < -0.39 is 6.10 Å². The monoisotopic (exact) mass is 451 g/mol. The number of anilines is 1. The third kappa shape index (κ3) is 4.72. The van der Waals surface area contributed by atoms with Crippen LogP contribution in [0.15, 0.2) is 42.7 Å². The number of nitrogens with zero attached hydrogens (tertiary/aromatic N) is 1. The lowest BCUT2D eigenvalue weighted by Gasteiger charge is -2.37. The Morgan fingerprint density at radius 1 is 1.21 bits per heavy atom. The molecule has 3 aliphatic rings. The van der Waals surface area contributed by atoms with Crippen LogP contribution in [0.3, 0.4) is 0 Å². The van der Waals surface area contributed by atoms with Crippen molar-refractivity contribution < 1.29 is 24.2 Å². The highest BCUT2D eigenvalue weighted by molar-refractivity contribution is 5.93. The number of aliphatic hydroxyl groups is 1. The molecule has 0 bridgehead atoms. The van der Waals surface area contributed by atoms with Crippen molar-refractivity contribution in [2.75, 3.05) is 11.9 Å². The van der Waals surface area contributed by atoms with Gasteiger partial charge in [-0.25, -0.2) is 0 Å². The average molecular weight is 452 g/mol. The fraction of sp³-hybridized carbons (Fsp3) is 0.480. The van der Waals surface area contributed by atoms with Gasteiger partial charge >= 0.3 is 0 Å². The number of carbonyl (C=O) groups excluding carboxylic acids is 2. The van der Waals surface area contributed by atoms with Gasteiger partial charge in [-0.1, -0.05) is 12.5 Å². The molecule has 8 nitrogen and oxygen atoms in total. The molecule has 1 aliphatic carbocycles. The zero-order chi connectivity index (χ0) is 22.8. The van der Waals surface area contributed by atoms with Gasteiger partial charge in [-0.3, -0.25) is 14.6 Å². The van der Waals surface area contributed by atoms with E-state index in [0.717, 1.165) is 41.8 Å². The molecule has 0 unspecified atom stereocenters. The van der Waals surface area contributed by atoms with Crippen LogP contribution in [0.2, 0.25) is 0 Å².